The van der Waals surface area contributed by atoms with Crippen molar-refractivity contribution in [2.75, 3.05) is 0 Å². The highest BCUT2D eigenvalue weighted by atomic mass is 16.1. The van der Waals surface area contributed by atoms with Crippen LogP contribution in [-0.2, 0) is 24.2 Å². The molecule has 0 aromatic heterocycles. The van der Waals surface area contributed by atoms with Crippen LogP contribution < -0.4 is 11.1 Å². The van der Waals surface area contributed by atoms with E-state index in [0.717, 1.165) is 24.0 Å². The van der Waals surface area contributed by atoms with Crippen molar-refractivity contribution in [2.45, 2.75) is 32.7 Å². The van der Waals surface area contributed by atoms with E-state index in [-0.39, 0.29) is 5.91 Å². The first-order valence-electron chi connectivity index (χ1n) is 7.81. The summed E-state index contributed by atoms with van der Waals surface area (Å²) in [5.74, 6) is -0.470. The molecule has 0 saturated heterocycles. The highest BCUT2D eigenvalue weighted by Gasteiger charge is 2.05. The second-order valence-corrected chi connectivity index (χ2v) is 5.51. The van der Waals surface area contributed by atoms with Gasteiger partial charge in [-0.3, -0.25) is 9.59 Å². The molecule has 0 atom stereocenters. The van der Waals surface area contributed by atoms with Gasteiger partial charge in [-0.2, -0.15) is 0 Å². The van der Waals surface area contributed by atoms with Gasteiger partial charge in [0.15, 0.2) is 0 Å². The largest absolute Gasteiger partial charge is 0.366 e. The maximum atomic E-state index is 11.9. The molecule has 120 valence electrons. The van der Waals surface area contributed by atoms with Crippen LogP contribution in [0.25, 0.3) is 0 Å². The van der Waals surface area contributed by atoms with Gasteiger partial charge in [0.1, 0.15) is 0 Å². The molecule has 0 saturated carbocycles. The molecule has 2 aromatic rings. The van der Waals surface area contributed by atoms with Crippen LogP contribution in [0.4, 0.5) is 0 Å². The van der Waals surface area contributed by atoms with E-state index in [9.17, 15) is 9.59 Å². The number of carbonyl (C=O) groups is 2. The van der Waals surface area contributed by atoms with Gasteiger partial charge in [0, 0.05) is 18.5 Å². The van der Waals surface area contributed by atoms with Gasteiger partial charge in [-0.05, 0) is 41.7 Å². The number of carbonyl (C=O) groups excluding carboxylic acids is 2. The third-order valence-electron chi connectivity index (χ3n) is 3.77. The van der Waals surface area contributed by atoms with Gasteiger partial charge in [0.05, 0.1) is 0 Å². The Labute approximate surface area is 136 Å². The number of hydrogen-bond acceptors (Lipinski definition) is 2. The van der Waals surface area contributed by atoms with Crippen molar-refractivity contribution < 1.29 is 9.59 Å². The molecule has 2 rings (SSSR count). The number of primary amides is 1. The first-order chi connectivity index (χ1) is 11.1. The molecule has 4 nitrogen and oxygen atoms in total. The standard InChI is InChI=1S/C19H22N2O2/c1-2-14-6-8-15(9-7-14)10-11-18(22)21-13-16-4-3-5-17(12-16)19(20)23/h3-9,12H,2,10-11,13H2,1H3,(H2,20,23)(H,21,22). The minimum Gasteiger partial charge on any atom is -0.366 e. The Morgan fingerprint density at radius 2 is 1.70 bits per heavy atom. The van der Waals surface area contributed by atoms with E-state index in [4.69, 9.17) is 5.73 Å². The number of amides is 2. The van der Waals surface area contributed by atoms with Crippen LogP contribution in [0.1, 0.15) is 40.4 Å². The fourth-order valence-corrected chi connectivity index (χ4v) is 2.32. The molecule has 23 heavy (non-hydrogen) atoms. The van der Waals surface area contributed by atoms with Crippen molar-refractivity contribution in [3.63, 3.8) is 0 Å². The molecule has 0 aliphatic carbocycles. The van der Waals surface area contributed by atoms with Crippen LogP contribution in [-0.4, -0.2) is 11.8 Å². The molecule has 3 N–H and O–H groups in total. The van der Waals surface area contributed by atoms with E-state index in [2.05, 4.69) is 36.5 Å². The number of aryl methyl sites for hydroxylation is 2. The second-order valence-electron chi connectivity index (χ2n) is 5.51. The van der Waals surface area contributed by atoms with Crippen LogP contribution >= 0.6 is 0 Å². The highest BCUT2D eigenvalue weighted by Crippen LogP contribution is 2.08. The van der Waals surface area contributed by atoms with Crippen molar-refractivity contribution in [3.8, 4) is 0 Å². The maximum absolute atomic E-state index is 11.9. The van der Waals surface area contributed by atoms with Crippen LogP contribution in [0.2, 0.25) is 0 Å². The fraction of sp³-hybridized carbons (Fsp3) is 0.263. The van der Waals surface area contributed by atoms with Gasteiger partial charge in [0.25, 0.3) is 0 Å². The average molecular weight is 310 g/mol. The van der Waals surface area contributed by atoms with E-state index >= 15 is 0 Å². The van der Waals surface area contributed by atoms with E-state index < -0.39 is 5.91 Å². The van der Waals surface area contributed by atoms with Gasteiger partial charge in [-0.1, -0.05) is 43.3 Å². The predicted molar refractivity (Wildman–Crippen MR) is 90.9 cm³/mol. The minimum atomic E-state index is -0.464. The third-order valence-corrected chi connectivity index (χ3v) is 3.77. The Bertz CT molecular complexity index is 678. The number of rotatable bonds is 7. The zero-order valence-corrected chi connectivity index (χ0v) is 13.3. The Hall–Kier alpha value is -2.62. The van der Waals surface area contributed by atoms with Crippen LogP contribution in [0.15, 0.2) is 48.5 Å². The smallest absolute Gasteiger partial charge is 0.248 e. The molecule has 2 aromatic carbocycles. The zero-order valence-electron chi connectivity index (χ0n) is 13.3. The summed E-state index contributed by atoms with van der Waals surface area (Å²) in [5.41, 5.74) is 9.02. The molecule has 0 aliphatic heterocycles. The lowest BCUT2D eigenvalue weighted by molar-refractivity contribution is -0.121. The normalized spacial score (nSPS) is 10.3. The summed E-state index contributed by atoms with van der Waals surface area (Å²) >= 11 is 0. The van der Waals surface area contributed by atoms with Crippen molar-refractivity contribution in [1.29, 1.82) is 0 Å². The molecule has 0 heterocycles. The summed E-state index contributed by atoms with van der Waals surface area (Å²) in [7, 11) is 0. The van der Waals surface area contributed by atoms with Crippen molar-refractivity contribution in [3.05, 3.63) is 70.8 Å². The number of benzene rings is 2. The summed E-state index contributed by atoms with van der Waals surface area (Å²) in [6, 6.07) is 15.3. The van der Waals surface area contributed by atoms with E-state index in [1.165, 1.54) is 5.56 Å². The lowest BCUT2D eigenvalue weighted by Gasteiger charge is -2.07. The van der Waals surface area contributed by atoms with Crippen molar-refractivity contribution in [1.82, 2.24) is 5.32 Å². The van der Waals surface area contributed by atoms with Gasteiger partial charge < -0.3 is 11.1 Å². The Kier molecular flexibility index (Phi) is 5.92. The van der Waals surface area contributed by atoms with Crippen LogP contribution in [0, 0.1) is 0 Å². The molecule has 0 unspecified atom stereocenters. The lowest BCUT2D eigenvalue weighted by atomic mass is 10.1. The summed E-state index contributed by atoms with van der Waals surface area (Å²) in [6.45, 7) is 2.52. The Balaban J connectivity index is 1.80. The first kappa shape index (κ1) is 16.7. The van der Waals surface area contributed by atoms with Gasteiger partial charge in [-0.25, -0.2) is 0 Å². The second kappa shape index (κ2) is 8.13. The minimum absolute atomic E-state index is 0.00551. The van der Waals surface area contributed by atoms with Crippen LogP contribution in [0.5, 0.6) is 0 Å². The molecule has 0 radical (unpaired) electrons. The number of nitrogens with one attached hydrogen (secondary N) is 1. The first-order valence-corrected chi connectivity index (χ1v) is 7.81. The zero-order chi connectivity index (χ0) is 16.7. The molecule has 0 spiro atoms. The Morgan fingerprint density at radius 1 is 1.00 bits per heavy atom. The lowest BCUT2D eigenvalue weighted by Crippen LogP contribution is -2.23. The molecule has 2 amide bonds. The summed E-state index contributed by atoms with van der Waals surface area (Å²) in [6.07, 6.45) is 2.18. The molecular formula is C19H22N2O2. The summed E-state index contributed by atoms with van der Waals surface area (Å²) < 4.78 is 0. The Morgan fingerprint density at radius 3 is 2.35 bits per heavy atom. The maximum Gasteiger partial charge on any atom is 0.248 e. The van der Waals surface area contributed by atoms with E-state index in [1.807, 2.05) is 6.07 Å². The molecular weight excluding hydrogens is 288 g/mol. The fourth-order valence-electron chi connectivity index (χ4n) is 2.32. The topological polar surface area (TPSA) is 72.2 Å². The van der Waals surface area contributed by atoms with Crippen molar-refractivity contribution in [2.24, 2.45) is 5.73 Å². The van der Waals surface area contributed by atoms with E-state index in [0.29, 0.717) is 18.5 Å². The van der Waals surface area contributed by atoms with Gasteiger partial charge >= 0.3 is 0 Å². The SMILES string of the molecule is CCc1ccc(CCC(=O)NCc2cccc(C(N)=O)c2)cc1. The van der Waals surface area contributed by atoms with Gasteiger partial charge in [-0.15, -0.1) is 0 Å². The number of nitrogens with two attached hydrogens (primary N) is 1. The average Bonchev–Trinajstić information content (AvgIpc) is 2.58. The van der Waals surface area contributed by atoms with Crippen LogP contribution in [0.3, 0.4) is 0 Å². The predicted octanol–water partition coefficient (Wildman–Crippen LogP) is 2.60. The summed E-state index contributed by atoms with van der Waals surface area (Å²) in [5, 5.41) is 2.87. The summed E-state index contributed by atoms with van der Waals surface area (Å²) in [4.78, 5) is 23.1. The van der Waals surface area contributed by atoms with Crippen molar-refractivity contribution >= 4 is 11.8 Å². The number of hydrogen-bond donors (Lipinski definition) is 2. The molecule has 0 aliphatic rings. The molecule has 0 fully saturated rings. The molecule has 4 heteroatoms. The van der Waals surface area contributed by atoms with E-state index in [1.54, 1.807) is 18.2 Å². The van der Waals surface area contributed by atoms with Gasteiger partial charge in [0.2, 0.25) is 11.8 Å². The monoisotopic (exact) mass is 310 g/mol. The third kappa shape index (κ3) is 5.25. The quantitative estimate of drug-likeness (QED) is 0.825. The highest BCUT2D eigenvalue weighted by molar-refractivity contribution is 5.92. The molecule has 0 bridgehead atoms.